The lowest BCUT2D eigenvalue weighted by atomic mass is 10.2. The second kappa shape index (κ2) is 10.7. The van der Waals surface area contributed by atoms with Crippen molar-refractivity contribution in [2.45, 2.75) is 26.5 Å². The van der Waals surface area contributed by atoms with Crippen molar-refractivity contribution in [1.29, 1.82) is 0 Å². The first-order valence-corrected chi connectivity index (χ1v) is 8.06. The normalized spacial score (nSPS) is 10.9. The van der Waals surface area contributed by atoms with Gasteiger partial charge in [-0.3, -0.25) is 0 Å². The molecule has 0 amide bonds. The predicted octanol–water partition coefficient (Wildman–Crippen LogP) is 4.04. The number of hydrogen-bond acceptors (Lipinski definition) is 4. The van der Waals surface area contributed by atoms with E-state index in [9.17, 15) is 0 Å². The van der Waals surface area contributed by atoms with E-state index in [-0.39, 0.29) is 30.1 Å². The van der Waals surface area contributed by atoms with E-state index in [1.165, 1.54) is 0 Å². The summed E-state index contributed by atoms with van der Waals surface area (Å²) in [6, 6.07) is 13.2. The van der Waals surface area contributed by atoms with Crippen molar-refractivity contribution in [3.8, 4) is 17.2 Å². The fraction of sp³-hybridized carbons (Fsp3) is 0.316. The van der Waals surface area contributed by atoms with Gasteiger partial charge in [-0.1, -0.05) is 6.07 Å². The monoisotopic (exact) mass is 471 g/mol. The molecular weight excluding hydrogens is 445 g/mol. The Morgan fingerprint density at radius 3 is 2.27 bits per heavy atom. The molecule has 0 radical (unpaired) electrons. The smallest absolute Gasteiger partial charge is 0.193 e. The van der Waals surface area contributed by atoms with E-state index in [1.807, 2.05) is 56.3 Å². The molecule has 2 aromatic carbocycles. The quantitative estimate of drug-likeness (QED) is 0.362. The van der Waals surface area contributed by atoms with Gasteiger partial charge in [0, 0.05) is 5.69 Å². The Labute approximate surface area is 171 Å². The molecule has 7 heteroatoms. The standard InChI is InChI=1S/C19H25N3O3.HI/c1-13(2)25-16-8-6-15(7-9-16)22-19(20)21-12-14-5-10-17(23-3)18(11-14)24-4;/h5-11,13H,12H2,1-4H3,(H3,20,21,22);1H. The van der Waals surface area contributed by atoms with Crippen LogP contribution in [-0.4, -0.2) is 26.3 Å². The molecule has 0 saturated carbocycles. The van der Waals surface area contributed by atoms with Gasteiger partial charge in [-0.2, -0.15) is 0 Å². The van der Waals surface area contributed by atoms with Crippen molar-refractivity contribution in [2.24, 2.45) is 10.7 Å². The van der Waals surface area contributed by atoms with E-state index in [1.54, 1.807) is 14.2 Å². The third kappa shape index (κ3) is 6.62. The highest BCUT2D eigenvalue weighted by atomic mass is 127. The van der Waals surface area contributed by atoms with Crippen LogP contribution in [0.25, 0.3) is 0 Å². The number of ether oxygens (including phenoxy) is 3. The van der Waals surface area contributed by atoms with Crippen molar-refractivity contribution in [2.75, 3.05) is 19.5 Å². The van der Waals surface area contributed by atoms with Gasteiger partial charge >= 0.3 is 0 Å². The fourth-order valence-corrected chi connectivity index (χ4v) is 2.23. The summed E-state index contributed by atoms with van der Waals surface area (Å²) in [5.41, 5.74) is 7.78. The molecule has 142 valence electrons. The number of methoxy groups -OCH3 is 2. The molecule has 0 aromatic heterocycles. The summed E-state index contributed by atoms with van der Waals surface area (Å²) in [6.07, 6.45) is 0.145. The van der Waals surface area contributed by atoms with Crippen LogP contribution >= 0.6 is 24.0 Å². The van der Waals surface area contributed by atoms with Crippen LogP contribution in [0.15, 0.2) is 47.5 Å². The van der Waals surface area contributed by atoms with Crippen molar-refractivity contribution >= 4 is 35.6 Å². The first-order chi connectivity index (χ1) is 12.0. The zero-order valence-corrected chi connectivity index (χ0v) is 17.8. The molecular formula is C19H26IN3O3. The molecule has 0 saturated heterocycles. The van der Waals surface area contributed by atoms with Gasteiger partial charge in [0.15, 0.2) is 17.5 Å². The molecule has 0 fully saturated rings. The number of nitrogens with one attached hydrogen (secondary N) is 1. The summed E-state index contributed by atoms with van der Waals surface area (Å²) < 4.78 is 16.1. The van der Waals surface area contributed by atoms with Crippen LogP contribution in [0.2, 0.25) is 0 Å². The van der Waals surface area contributed by atoms with Crippen LogP contribution < -0.4 is 25.3 Å². The second-order valence-electron chi connectivity index (χ2n) is 5.71. The summed E-state index contributed by atoms with van der Waals surface area (Å²) in [5.74, 6) is 2.52. The average molecular weight is 471 g/mol. The number of rotatable bonds is 7. The van der Waals surface area contributed by atoms with Crippen molar-refractivity contribution in [3.05, 3.63) is 48.0 Å². The third-order valence-electron chi connectivity index (χ3n) is 3.38. The van der Waals surface area contributed by atoms with Gasteiger partial charge < -0.3 is 25.3 Å². The molecule has 0 aliphatic rings. The van der Waals surface area contributed by atoms with E-state index in [4.69, 9.17) is 19.9 Å². The van der Waals surface area contributed by atoms with Gasteiger partial charge in [0.05, 0.1) is 26.9 Å². The molecule has 3 N–H and O–H groups in total. The van der Waals surface area contributed by atoms with E-state index in [0.29, 0.717) is 24.0 Å². The fourth-order valence-electron chi connectivity index (χ4n) is 2.23. The SMILES string of the molecule is COc1ccc(CN=C(N)Nc2ccc(OC(C)C)cc2)cc1OC.I. The Hall–Kier alpha value is -2.16. The maximum atomic E-state index is 5.95. The molecule has 0 aliphatic carbocycles. The van der Waals surface area contributed by atoms with Crippen LogP contribution in [-0.2, 0) is 6.54 Å². The van der Waals surface area contributed by atoms with E-state index >= 15 is 0 Å². The molecule has 2 aromatic rings. The Morgan fingerprint density at radius 2 is 1.69 bits per heavy atom. The zero-order chi connectivity index (χ0) is 18.2. The molecule has 0 heterocycles. The van der Waals surface area contributed by atoms with Gasteiger partial charge in [0.2, 0.25) is 0 Å². The van der Waals surface area contributed by atoms with Crippen LogP contribution in [0.4, 0.5) is 5.69 Å². The van der Waals surface area contributed by atoms with Crippen molar-refractivity contribution in [3.63, 3.8) is 0 Å². The van der Waals surface area contributed by atoms with E-state index in [0.717, 1.165) is 17.0 Å². The number of guanidine groups is 1. The summed E-state index contributed by atoms with van der Waals surface area (Å²) in [6.45, 7) is 4.42. The maximum absolute atomic E-state index is 5.95. The first kappa shape index (κ1) is 21.9. The molecule has 0 spiro atoms. The number of halogens is 1. The van der Waals surface area contributed by atoms with Gasteiger partial charge in [0.25, 0.3) is 0 Å². The highest BCUT2D eigenvalue weighted by Gasteiger charge is 2.04. The largest absolute Gasteiger partial charge is 0.493 e. The summed E-state index contributed by atoms with van der Waals surface area (Å²) >= 11 is 0. The highest BCUT2D eigenvalue weighted by Crippen LogP contribution is 2.27. The number of nitrogens with two attached hydrogens (primary N) is 1. The Bertz CT molecular complexity index is 718. The number of nitrogens with zero attached hydrogens (tertiary/aromatic N) is 1. The van der Waals surface area contributed by atoms with Gasteiger partial charge in [0.1, 0.15) is 5.75 Å². The predicted molar refractivity (Wildman–Crippen MR) is 116 cm³/mol. The maximum Gasteiger partial charge on any atom is 0.193 e. The van der Waals surface area contributed by atoms with Crippen LogP contribution in [0.1, 0.15) is 19.4 Å². The molecule has 0 unspecified atom stereocenters. The summed E-state index contributed by atoms with van der Waals surface area (Å²) in [4.78, 5) is 4.35. The van der Waals surface area contributed by atoms with Crippen molar-refractivity contribution < 1.29 is 14.2 Å². The number of hydrogen-bond donors (Lipinski definition) is 2. The van der Waals surface area contributed by atoms with Gasteiger partial charge in [-0.15, -0.1) is 24.0 Å². The highest BCUT2D eigenvalue weighted by molar-refractivity contribution is 14.0. The first-order valence-electron chi connectivity index (χ1n) is 8.06. The molecule has 0 aliphatic heterocycles. The molecule has 26 heavy (non-hydrogen) atoms. The minimum atomic E-state index is 0. The lowest BCUT2D eigenvalue weighted by molar-refractivity contribution is 0.242. The number of benzene rings is 2. The molecule has 0 bridgehead atoms. The lowest BCUT2D eigenvalue weighted by Gasteiger charge is -2.11. The Kier molecular flexibility index (Phi) is 9.04. The number of aliphatic imine (C=N–C) groups is 1. The Morgan fingerprint density at radius 1 is 1.04 bits per heavy atom. The average Bonchev–Trinajstić information content (AvgIpc) is 2.61. The molecule has 2 rings (SSSR count). The van der Waals surface area contributed by atoms with E-state index in [2.05, 4.69) is 10.3 Å². The van der Waals surface area contributed by atoms with E-state index < -0.39 is 0 Å². The van der Waals surface area contributed by atoms with Gasteiger partial charge in [-0.05, 0) is 55.8 Å². The van der Waals surface area contributed by atoms with Crippen molar-refractivity contribution in [1.82, 2.24) is 0 Å². The topological polar surface area (TPSA) is 78.1 Å². The molecule has 6 nitrogen and oxygen atoms in total. The van der Waals surface area contributed by atoms with Crippen LogP contribution in [0.5, 0.6) is 17.2 Å². The second-order valence-corrected chi connectivity index (χ2v) is 5.71. The Balaban J connectivity index is 0.00000338. The zero-order valence-electron chi connectivity index (χ0n) is 15.5. The van der Waals surface area contributed by atoms with Crippen LogP contribution in [0, 0.1) is 0 Å². The van der Waals surface area contributed by atoms with Gasteiger partial charge in [-0.25, -0.2) is 4.99 Å². The lowest BCUT2D eigenvalue weighted by Crippen LogP contribution is -2.22. The summed E-state index contributed by atoms with van der Waals surface area (Å²) in [5, 5.41) is 3.06. The molecule has 0 atom stereocenters. The minimum absolute atomic E-state index is 0. The third-order valence-corrected chi connectivity index (χ3v) is 3.38. The number of anilines is 1. The van der Waals surface area contributed by atoms with Crippen LogP contribution in [0.3, 0.4) is 0 Å². The minimum Gasteiger partial charge on any atom is -0.493 e. The summed E-state index contributed by atoms with van der Waals surface area (Å²) in [7, 11) is 3.21.